The lowest BCUT2D eigenvalue weighted by molar-refractivity contribution is 0.215. The minimum absolute atomic E-state index is 0.352. The highest BCUT2D eigenvalue weighted by molar-refractivity contribution is 6.02. The minimum Gasteiger partial charge on any atom is -0.493 e. The van der Waals surface area contributed by atoms with Gasteiger partial charge in [0.15, 0.2) is 11.5 Å². The van der Waals surface area contributed by atoms with Gasteiger partial charge >= 0.3 is 0 Å². The number of fused-ring (bicyclic) bond motifs is 1. The molecule has 5 nitrogen and oxygen atoms in total. The molecule has 0 unspecified atom stereocenters. The van der Waals surface area contributed by atoms with Crippen LogP contribution in [0.3, 0.4) is 0 Å². The van der Waals surface area contributed by atoms with Gasteiger partial charge in [0.2, 0.25) is 0 Å². The van der Waals surface area contributed by atoms with Crippen LogP contribution < -0.4 is 9.47 Å². The Morgan fingerprint density at radius 2 is 1.65 bits per heavy atom. The van der Waals surface area contributed by atoms with Gasteiger partial charge < -0.3 is 18.9 Å². The zero-order chi connectivity index (χ0) is 18.7. The van der Waals surface area contributed by atoms with Crippen LogP contribution in [0.5, 0.6) is 11.5 Å². The highest BCUT2D eigenvalue weighted by Gasteiger charge is 2.17. The fraction of sp³-hybridized carbons (Fsp3) is 0.286. The van der Waals surface area contributed by atoms with Gasteiger partial charge in [-0.3, -0.25) is 0 Å². The lowest BCUT2D eigenvalue weighted by Gasteiger charge is -2.12. The maximum atomic E-state index is 5.52. The van der Waals surface area contributed by atoms with E-state index in [0.717, 1.165) is 16.7 Å². The fourth-order valence-corrected chi connectivity index (χ4v) is 3.19. The Kier molecular flexibility index (Phi) is 5.16. The van der Waals surface area contributed by atoms with E-state index >= 15 is 0 Å². The van der Waals surface area contributed by atoms with Crippen LogP contribution in [0.4, 0.5) is 0 Å². The summed E-state index contributed by atoms with van der Waals surface area (Å²) in [6.07, 6.45) is 3.87. The first kappa shape index (κ1) is 17.9. The molecule has 0 radical (unpaired) electrons. The Hall–Kier alpha value is -2.95. The number of nitrogens with zero attached hydrogens (tertiary/aromatic N) is 2. The second kappa shape index (κ2) is 7.52. The third-order valence-electron chi connectivity index (χ3n) is 4.44. The summed E-state index contributed by atoms with van der Waals surface area (Å²) in [5, 5.41) is 5.13. The highest BCUT2D eigenvalue weighted by atomic mass is 16.6. The van der Waals surface area contributed by atoms with Crippen LogP contribution in [0.25, 0.3) is 22.0 Å². The smallest absolute Gasteiger partial charge is 0.161 e. The molecule has 0 amide bonds. The molecule has 0 saturated heterocycles. The van der Waals surface area contributed by atoms with Crippen molar-refractivity contribution >= 4 is 17.1 Å². The Labute approximate surface area is 153 Å². The van der Waals surface area contributed by atoms with Crippen molar-refractivity contribution in [2.45, 2.75) is 19.9 Å². The lowest BCUT2D eigenvalue weighted by Crippen LogP contribution is -1.98. The van der Waals surface area contributed by atoms with E-state index < -0.39 is 0 Å². The number of aromatic nitrogens is 1. The molecule has 1 heterocycles. The fourth-order valence-electron chi connectivity index (χ4n) is 3.19. The molecule has 0 aliphatic rings. The number of oxime groups is 1. The van der Waals surface area contributed by atoms with Crippen molar-refractivity contribution < 1.29 is 14.3 Å². The third-order valence-corrected chi connectivity index (χ3v) is 4.44. The van der Waals surface area contributed by atoms with E-state index in [2.05, 4.69) is 54.0 Å². The molecule has 136 valence electrons. The monoisotopic (exact) mass is 352 g/mol. The van der Waals surface area contributed by atoms with Crippen molar-refractivity contribution in [3.63, 3.8) is 0 Å². The summed E-state index contributed by atoms with van der Waals surface area (Å²) in [7, 11) is 4.79. The Morgan fingerprint density at radius 3 is 2.31 bits per heavy atom. The first-order valence-corrected chi connectivity index (χ1v) is 8.53. The number of ether oxygens (including phenoxy) is 2. The molecule has 0 aliphatic carbocycles. The number of hydrogen-bond donors (Lipinski definition) is 0. The molecule has 0 bridgehead atoms. The van der Waals surface area contributed by atoms with Crippen LogP contribution in [0.2, 0.25) is 0 Å². The molecule has 0 atom stereocenters. The maximum absolute atomic E-state index is 5.52. The van der Waals surface area contributed by atoms with Gasteiger partial charge in [0, 0.05) is 34.3 Å². The molecule has 3 aromatic rings. The molecule has 3 rings (SSSR count). The zero-order valence-corrected chi connectivity index (χ0v) is 15.8. The van der Waals surface area contributed by atoms with E-state index in [1.54, 1.807) is 20.4 Å². The van der Waals surface area contributed by atoms with E-state index in [1.807, 2.05) is 12.1 Å². The van der Waals surface area contributed by atoms with Gasteiger partial charge in [-0.05, 0) is 37.6 Å². The molecular weight excluding hydrogens is 328 g/mol. The van der Waals surface area contributed by atoms with Gasteiger partial charge in [-0.1, -0.05) is 23.4 Å². The van der Waals surface area contributed by atoms with Crippen molar-refractivity contribution in [3.05, 3.63) is 48.2 Å². The number of para-hydroxylation sites is 1. The molecule has 0 aliphatic heterocycles. The second-order valence-electron chi connectivity index (χ2n) is 6.27. The van der Waals surface area contributed by atoms with Crippen molar-refractivity contribution in [3.8, 4) is 22.6 Å². The van der Waals surface area contributed by atoms with Crippen molar-refractivity contribution in [1.82, 2.24) is 4.57 Å². The van der Waals surface area contributed by atoms with Gasteiger partial charge in [0.25, 0.3) is 0 Å². The van der Waals surface area contributed by atoms with Crippen LogP contribution in [0.1, 0.15) is 25.5 Å². The predicted octanol–water partition coefficient (Wildman–Crippen LogP) is 4.89. The van der Waals surface area contributed by atoms with Gasteiger partial charge in [-0.2, -0.15) is 0 Å². The van der Waals surface area contributed by atoms with E-state index in [-0.39, 0.29) is 0 Å². The topological polar surface area (TPSA) is 45.0 Å². The van der Waals surface area contributed by atoms with Crippen LogP contribution in [0, 0.1) is 0 Å². The summed E-state index contributed by atoms with van der Waals surface area (Å²) < 4.78 is 13.2. The van der Waals surface area contributed by atoms with Gasteiger partial charge in [-0.25, -0.2) is 0 Å². The Bertz CT molecular complexity index is 942. The van der Waals surface area contributed by atoms with Crippen LogP contribution in [-0.2, 0) is 4.84 Å². The van der Waals surface area contributed by atoms with Gasteiger partial charge in [0.1, 0.15) is 7.11 Å². The molecule has 5 heteroatoms. The quantitative estimate of drug-likeness (QED) is 0.469. The average Bonchev–Trinajstić information content (AvgIpc) is 3.05. The molecule has 0 spiro atoms. The first-order valence-electron chi connectivity index (χ1n) is 8.53. The molecule has 26 heavy (non-hydrogen) atoms. The SMILES string of the molecule is CO/N=C/c1cc(OC)c(OC)cc1-c1cn(C(C)C)c2ccccc12. The van der Waals surface area contributed by atoms with Crippen LogP contribution in [0.15, 0.2) is 47.8 Å². The lowest BCUT2D eigenvalue weighted by atomic mass is 9.99. The highest BCUT2D eigenvalue weighted by Crippen LogP contribution is 2.39. The average molecular weight is 352 g/mol. The summed E-state index contributed by atoms with van der Waals surface area (Å²) in [6.45, 7) is 4.36. The largest absolute Gasteiger partial charge is 0.493 e. The second-order valence-corrected chi connectivity index (χ2v) is 6.27. The van der Waals surface area contributed by atoms with Crippen LogP contribution in [-0.4, -0.2) is 32.1 Å². The van der Waals surface area contributed by atoms with Gasteiger partial charge in [-0.15, -0.1) is 0 Å². The van der Waals surface area contributed by atoms with E-state index in [1.165, 1.54) is 18.0 Å². The summed E-state index contributed by atoms with van der Waals surface area (Å²) in [5.74, 6) is 1.33. The van der Waals surface area contributed by atoms with Crippen molar-refractivity contribution in [1.29, 1.82) is 0 Å². The van der Waals surface area contributed by atoms with Crippen LogP contribution >= 0.6 is 0 Å². The summed E-state index contributed by atoms with van der Waals surface area (Å²) >= 11 is 0. The van der Waals surface area contributed by atoms with E-state index in [9.17, 15) is 0 Å². The number of benzene rings is 2. The third kappa shape index (κ3) is 3.12. The normalized spacial score (nSPS) is 11.5. The summed E-state index contributed by atoms with van der Waals surface area (Å²) in [6, 6.07) is 12.7. The molecule has 2 aromatic carbocycles. The van der Waals surface area contributed by atoms with Gasteiger partial charge in [0.05, 0.1) is 20.4 Å². The zero-order valence-electron chi connectivity index (χ0n) is 15.8. The molecule has 1 aromatic heterocycles. The Balaban J connectivity index is 2.32. The molecule has 0 N–H and O–H groups in total. The number of rotatable bonds is 6. The van der Waals surface area contributed by atoms with E-state index in [0.29, 0.717) is 17.5 Å². The minimum atomic E-state index is 0.352. The molecule has 0 saturated carbocycles. The Morgan fingerprint density at radius 1 is 0.962 bits per heavy atom. The van der Waals surface area contributed by atoms with Crippen molar-refractivity contribution in [2.24, 2.45) is 5.16 Å². The number of hydrogen-bond acceptors (Lipinski definition) is 4. The summed E-state index contributed by atoms with van der Waals surface area (Å²) in [4.78, 5) is 4.89. The number of methoxy groups -OCH3 is 2. The standard InChI is InChI=1S/C21H24N2O3/c1-14(2)23-13-18(16-8-6-7-9-19(16)23)17-11-21(25-4)20(24-3)10-15(17)12-22-26-5/h6-14H,1-5H3/b22-12+. The maximum Gasteiger partial charge on any atom is 0.161 e. The van der Waals surface area contributed by atoms with E-state index in [4.69, 9.17) is 14.3 Å². The van der Waals surface area contributed by atoms with Crippen molar-refractivity contribution in [2.75, 3.05) is 21.3 Å². The molecular formula is C21H24N2O3. The first-order chi connectivity index (χ1) is 12.6. The predicted molar refractivity (Wildman–Crippen MR) is 105 cm³/mol. The molecule has 0 fully saturated rings. The summed E-state index contributed by atoms with van der Waals surface area (Å²) in [5.41, 5.74) is 4.23.